The molecule has 0 aliphatic carbocycles. The van der Waals surface area contributed by atoms with Gasteiger partial charge in [0.25, 0.3) is 0 Å². The number of rotatable bonds is 0. The minimum atomic E-state index is 1.26. The maximum absolute atomic E-state index is 3.56. The van der Waals surface area contributed by atoms with E-state index in [1.54, 1.807) is 0 Å². The van der Waals surface area contributed by atoms with Crippen LogP contribution in [0.15, 0.2) is 7.57 Å². The van der Waals surface area contributed by atoms with Gasteiger partial charge in [-0.2, -0.15) is 0 Å². The molecule has 0 unspecified atom stereocenters. The molecule has 2 aromatic rings. The molecular weight excluding hydrogens is 320 g/mol. The van der Waals surface area contributed by atoms with Crippen LogP contribution >= 0.6 is 54.5 Å². The molecule has 0 atom stereocenters. The van der Waals surface area contributed by atoms with Crippen LogP contribution in [0.4, 0.5) is 0 Å². The molecule has 0 aromatic carbocycles. The highest BCUT2D eigenvalue weighted by atomic mass is 79.9. The smallest absolute Gasteiger partial charge is 0.0894 e. The molecule has 0 nitrogen and oxygen atoms in total. The Morgan fingerprint density at radius 2 is 1.33 bits per heavy atom. The molecule has 0 saturated heterocycles. The van der Waals surface area contributed by atoms with Gasteiger partial charge in [-0.3, -0.25) is 0 Å². The van der Waals surface area contributed by atoms with Crippen molar-refractivity contribution in [3.63, 3.8) is 0 Å². The maximum Gasteiger partial charge on any atom is 0.0894 e. The third-order valence-electron chi connectivity index (χ3n) is 1.91. The molecule has 2 rings (SSSR count). The van der Waals surface area contributed by atoms with Gasteiger partial charge >= 0.3 is 0 Å². The Labute approximate surface area is 95.9 Å². The predicted octanol–water partition coefficient (Wildman–Crippen LogP) is 5.10. The summed E-state index contributed by atoms with van der Waals surface area (Å²) >= 11 is 10.8. The van der Waals surface area contributed by atoms with Crippen molar-refractivity contribution >= 4 is 63.9 Å². The fourth-order valence-electron chi connectivity index (χ4n) is 1.22. The van der Waals surface area contributed by atoms with Crippen molar-refractivity contribution < 1.29 is 0 Å². The third kappa shape index (κ3) is 1.20. The molecule has 2 aromatic heterocycles. The standard InChI is InChI=1S/C8H6Br2S2/c1-3-5-4(2)7(10)12-8(5)11-6(3)9/h1-2H3. The zero-order valence-electron chi connectivity index (χ0n) is 6.57. The van der Waals surface area contributed by atoms with Crippen LogP contribution in [-0.4, -0.2) is 0 Å². The third-order valence-corrected chi connectivity index (χ3v) is 6.32. The molecule has 0 bridgehead atoms. The molecule has 4 heteroatoms. The zero-order chi connectivity index (χ0) is 8.88. The van der Waals surface area contributed by atoms with Gasteiger partial charge in [0.2, 0.25) is 0 Å². The quantitative estimate of drug-likeness (QED) is 0.631. The van der Waals surface area contributed by atoms with Crippen LogP contribution in [0.1, 0.15) is 11.1 Å². The average molecular weight is 326 g/mol. The Balaban J connectivity index is 2.94. The summed E-state index contributed by atoms with van der Waals surface area (Å²) in [6.45, 7) is 4.32. The van der Waals surface area contributed by atoms with E-state index in [1.165, 1.54) is 28.1 Å². The summed E-state index contributed by atoms with van der Waals surface area (Å²) in [4.78, 5) is 0. The largest absolute Gasteiger partial charge is 0.117 e. The molecule has 0 aliphatic rings. The van der Waals surface area contributed by atoms with Crippen LogP contribution in [0.2, 0.25) is 0 Å². The number of aryl methyl sites for hydroxylation is 2. The van der Waals surface area contributed by atoms with Gasteiger partial charge in [-0.05, 0) is 56.8 Å². The minimum Gasteiger partial charge on any atom is -0.117 e. The molecule has 0 saturated carbocycles. The van der Waals surface area contributed by atoms with Crippen molar-refractivity contribution in [2.75, 3.05) is 0 Å². The van der Waals surface area contributed by atoms with E-state index in [0.717, 1.165) is 0 Å². The monoisotopic (exact) mass is 324 g/mol. The Hall–Kier alpha value is 0.620. The number of halogens is 2. The van der Waals surface area contributed by atoms with Crippen molar-refractivity contribution in [2.45, 2.75) is 13.8 Å². The van der Waals surface area contributed by atoms with Gasteiger partial charge in [-0.1, -0.05) is 0 Å². The van der Waals surface area contributed by atoms with Crippen molar-refractivity contribution in [1.82, 2.24) is 0 Å². The second-order valence-electron chi connectivity index (χ2n) is 2.66. The van der Waals surface area contributed by atoms with Crippen LogP contribution in [-0.2, 0) is 0 Å². The van der Waals surface area contributed by atoms with Crippen molar-refractivity contribution in [1.29, 1.82) is 0 Å². The molecule has 0 spiro atoms. The van der Waals surface area contributed by atoms with Crippen LogP contribution in [0.5, 0.6) is 0 Å². The van der Waals surface area contributed by atoms with E-state index in [4.69, 9.17) is 0 Å². The van der Waals surface area contributed by atoms with E-state index in [0.29, 0.717) is 0 Å². The molecule has 64 valence electrons. The predicted molar refractivity (Wildman–Crippen MR) is 64.6 cm³/mol. The molecule has 0 N–H and O–H groups in total. The molecule has 0 fully saturated rings. The van der Waals surface area contributed by atoms with E-state index < -0.39 is 0 Å². The fourth-order valence-corrected chi connectivity index (χ4v) is 5.55. The van der Waals surface area contributed by atoms with Gasteiger partial charge in [0.05, 0.1) is 11.6 Å². The first kappa shape index (κ1) is 9.19. The summed E-state index contributed by atoms with van der Waals surface area (Å²) in [6, 6.07) is 0. The Bertz CT molecular complexity index is 402. The van der Waals surface area contributed by atoms with Crippen LogP contribution in [0.3, 0.4) is 0 Å². The summed E-state index contributed by atoms with van der Waals surface area (Å²) < 4.78 is 3.93. The Morgan fingerprint density at radius 1 is 0.917 bits per heavy atom. The van der Waals surface area contributed by atoms with E-state index >= 15 is 0 Å². The number of hydrogen-bond acceptors (Lipinski definition) is 2. The van der Waals surface area contributed by atoms with E-state index in [-0.39, 0.29) is 0 Å². The zero-order valence-corrected chi connectivity index (χ0v) is 11.4. The van der Waals surface area contributed by atoms with Gasteiger partial charge in [0, 0.05) is 5.39 Å². The SMILES string of the molecule is Cc1c(Br)sc2sc(Br)c(C)c12. The minimum absolute atomic E-state index is 1.26. The lowest BCUT2D eigenvalue weighted by Crippen LogP contribution is -1.69. The Morgan fingerprint density at radius 3 is 1.67 bits per heavy atom. The molecular formula is C8H6Br2S2. The lowest BCUT2D eigenvalue weighted by molar-refractivity contribution is 1.51. The second kappa shape index (κ2) is 3.08. The first-order chi connectivity index (χ1) is 5.61. The molecule has 2 heterocycles. The summed E-state index contributed by atoms with van der Waals surface area (Å²) in [5.41, 5.74) is 2.74. The summed E-state index contributed by atoms with van der Waals surface area (Å²) in [5, 5.41) is 1.42. The first-order valence-corrected chi connectivity index (χ1v) is 6.66. The first-order valence-electron chi connectivity index (χ1n) is 3.44. The molecule has 12 heavy (non-hydrogen) atoms. The van der Waals surface area contributed by atoms with E-state index in [2.05, 4.69) is 45.7 Å². The Kier molecular flexibility index (Phi) is 2.36. The highest BCUT2D eigenvalue weighted by molar-refractivity contribution is 9.11. The highest BCUT2D eigenvalue weighted by Gasteiger charge is 2.13. The molecule has 0 aliphatic heterocycles. The molecule has 0 amide bonds. The van der Waals surface area contributed by atoms with E-state index in [9.17, 15) is 0 Å². The lowest BCUT2D eigenvalue weighted by Gasteiger charge is -1.89. The summed E-state index contributed by atoms with van der Waals surface area (Å²) in [6.07, 6.45) is 0. The maximum atomic E-state index is 3.56. The van der Waals surface area contributed by atoms with Gasteiger partial charge < -0.3 is 0 Å². The fraction of sp³-hybridized carbons (Fsp3) is 0.250. The van der Waals surface area contributed by atoms with Crippen LogP contribution in [0, 0.1) is 13.8 Å². The van der Waals surface area contributed by atoms with Gasteiger partial charge in [-0.25, -0.2) is 0 Å². The van der Waals surface area contributed by atoms with E-state index in [1.807, 2.05) is 22.7 Å². The number of fused-ring (bicyclic) bond motifs is 1. The van der Waals surface area contributed by atoms with Crippen LogP contribution < -0.4 is 0 Å². The summed E-state index contributed by atoms with van der Waals surface area (Å²) in [7, 11) is 0. The lowest BCUT2D eigenvalue weighted by atomic mass is 10.2. The van der Waals surface area contributed by atoms with Gasteiger partial charge in [0.15, 0.2) is 0 Å². The number of hydrogen-bond donors (Lipinski definition) is 0. The van der Waals surface area contributed by atoms with Crippen molar-refractivity contribution in [2.24, 2.45) is 0 Å². The summed E-state index contributed by atoms with van der Waals surface area (Å²) in [5.74, 6) is 0. The highest BCUT2D eigenvalue weighted by Crippen LogP contribution is 2.44. The normalized spacial score (nSPS) is 11.3. The number of thiophene rings is 2. The average Bonchev–Trinajstić information content (AvgIpc) is 2.40. The molecule has 0 radical (unpaired) electrons. The topological polar surface area (TPSA) is 0 Å². The van der Waals surface area contributed by atoms with Gasteiger partial charge in [0.1, 0.15) is 0 Å². The second-order valence-corrected chi connectivity index (χ2v) is 7.60. The van der Waals surface area contributed by atoms with Crippen LogP contribution in [0.25, 0.3) is 9.40 Å². The van der Waals surface area contributed by atoms with Crippen molar-refractivity contribution in [3.8, 4) is 0 Å². The van der Waals surface area contributed by atoms with Crippen molar-refractivity contribution in [3.05, 3.63) is 18.7 Å². The van der Waals surface area contributed by atoms with Gasteiger partial charge in [-0.15, -0.1) is 22.7 Å².